The van der Waals surface area contributed by atoms with E-state index in [1.165, 1.54) is 16.7 Å². The second-order valence-corrected chi connectivity index (χ2v) is 6.49. The predicted octanol–water partition coefficient (Wildman–Crippen LogP) is 2.84. The molecule has 1 aliphatic heterocycles. The molecule has 0 saturated carbocycles. The maximum atomic E-state index is 13.8. The molecule has 6 nitrogen and oxygen atoms in total. The number of benzene rings is 1. The van der Waals surface area contributed by atoms with E-state index < -0.39 is 0 Å². The second-order valence-electron chi connectivity index (χ2n) is 6.49. The van der Waals surface area contributed by atoms with Crippen LogP contribution in [0, 0.1) is 12.7 Å². The SMILES string of the molecule is Cc1ncccc1-c1cnc(NCc2cc(F)cc3c2CCO3)n(C)c1=O. The van der Waals surface area contributed by atoms with Crippen molar-refractivity contribution in [2.45, 2.75) is 19.9 Å². The van der Waals surface area contributed by atoms with Crippen molar-refractivity contribution in [3.63, 3.8) is 0 Å². The first-order valence-corrected chi connectivity index (χ1v) is 8.70. The van der Waals surface area contributed by atoms with Crippen molar-refractivity contribution in [2.75, 3.05) is 11.9 Å². The van der Waals surface area contributed by atoms with Crippen molar-refractivity contribution >= 4 is 5.95 Å². The average molecular weight is 366 g/mol. The zero-order valence-corrected chi connectivity index (χ0v) is 15.1. The van der Waals surface area contributed by atoms with Gasteiger partial charge in [-0.2, -0.15) is 0 Å². The van der Waals surface area contributed by atoms with Gasteiger partial charge in [0.15, 0.2) is 0 Å². The van der Waals surface area contributed by atoms with Crippen LogP contribution in [0.5, 0.6) is 5.75 Å². The van der Waals surface area contributed by atoms with E-state index in [2.05, 4.69) is 15.3 Å². The van der Waals surface area contributed by atoms with E-state index >= 15 is 0 Å². The van der Waals surface area contributed by atoms with Crippen molar-refractivity contribution in [3.8, 4) is 16.9 Å². The Morgan fingerprint density at radius 1 is 1.30 bits per heavy atom. The van der Waals surface area contributed by atoms with E-state index in [-0.39, 0.29) is 11.4 Å². The van der Waals surface area contributed by atoms with Gasteiger partial charge in [-0.1, -0.05) is 6.07 Å². The maximum absolute atomic E-state index is 13.8. The van der Waals surface area contributed by atoms with Crippen LogP contribution in [0.15, 0.2) is 41.5 Å². The Hall–Kier alpha value is -3.22. The Kier molecular flexibility index (Phi) is 4.35. The molecule has 0 atom stereocenters. The summed E-state index contributed by atoms with van der Waals surface area (Å²) in [6.45, 7) is 2.77. The van der Waals surface area contributed by atoms with Gasteiger partial charge in [0.1, 0.15) is 11.6 Å². The number of rotatable bonds is 4. The van der Waals surface area contributed by atoms with Gasteiger partial charge >= 0.3 is 0 Å². The van der Waals surface area contributed by atoms with Crippen LogP contribution in [0.25, 0.3) is 11.1 Å². The molecule has 0 radical (unpaired) electrons. The molecule has 0 aliphatic carbocycles. The number of pyridine rings is 1. The summed E-state index contributed by atoms with van der Waals surface area (Å²) in [5, 5.41) is 3.13. The van der Waals surface area contributed by atoms with E-state index in [1.807, 2.05) is 13.0 Å². The van der Waals surface area contributed by atoms with Gasteiger partial charge in [0.25, 0.3) is 5.56 Å². The van der Waals surface area contributed by atoms with Crippen LogP contribution in [0.1, 0.15) is 16.8 Å². The van der Waals surface area contributed by atoms with Gasteiger partial charge in [0.05, 0.1) is 12.2 Å². The largest absolute Gasteiger partial charge is 0.493 e. The fourth-order valence-electron chi connectivity index (χ4n) is 3.34. The number of fused-ring (bicyclic) bond motifs is 1. The minimum absolute atomic E-state index is 0.170. The summed E-state index contributed by atoms with van der Waals surface area (Å²) in [5.41, 5.74) is 3.66. The normalized spacial score (nSPS) is 12.6. The third-order valence-corrected chi connectivity index (χ3v) is 4.78. The van der Waals surface area contributed by atoms with Crippen LogP contribution in [-0.4, -0.2) is 21.1 Å². The van der Waals surface area contributed by atoms with E-state index in [4.69, 9.17) is 4.74 Å². The summed E-state index contributed by atoms with van der Waals surface area (Å²) in [6, 6.07) is 6.54. The maximum Gasteiger partial charge on any atom is 0.262 e. The van der Waals surface area contributed by atoms with Crippen LogP contribution in [0.4, 0.5) is 10.3 Å². The molecule has 1 aliphatic rings. The van der Waals surface area contributed by atoms with Gasteiger partial charge in [-0.15, -0.1) is 0 Å². The summed E-state index contributed by atoms with van der Waals surface area (Å²) in [4.78, 5) is 21.4. The highest BCUT2D eigenvalue weighted by atomic mass is 19.1. The number of anilines is 1. The van der Waals surface area contributed by atoms with Gasteiger partial charge in [-0.05, 0) is 24.6 Å². The van der Waals surface area contributed by atoms with E-state index in [1.54, 1.807) is 25.5 Å². The number of aromatic nitrogens is 3. The highest BCUT2D eigenvalue weighted by Gasteiger charge is 2.18. The molecular weight excluding hydrogens is 347 g/mol. The fraction of sp³-hybridized carbons (Fsp3) is 0.250. The molecule has 0 bridgehead atoms. The third kappa shape index (κ3) is 3.16. The molecule has 0 unspecified atom stereocenters. The molecule has 3 heterocycles. The first kappa shape index (κ1) is 17.2. The number of halogens is 1. The summed E-state index contributed by atoms with van der Waals surface area (Å²) < 4.78 is 20.7. The lowest BCUT2D eigenvalue weighted by Gasteiger charge is -2.13. The molecule has 0 saturated heterocycles. The smallest absolute Gasteiger partial charge is 0.262 e. The Labute approximate surface area is 155 Å². The molecule has 138 valence electrons. The van der Waals surface area contributed by atoms with Crippen LogP contribution in [0.2, 0.25) is 0 Å². The molecular formula is C20H19FN4O2. The molecule has 1 N–H and O–H groups in total. The summed E-state index contributed by atoms with van der Waals surface area (Å²) in [5.74, 6) is 0.676. The zero-order valence-electron chi connectivity index (χ0n) is 15.1. The first-order chi connectivity index (χ1) is 13.0. The van der Waals surface area contributed by atoms with E-state index in [9.17, 15) is 9.18 Å². The molecule has 0 fully saturated rings. The number of hydrogen-bond acceptors (Lipinski definition) is 5. The standard InChI is InChI=1S/C20H19FN4O2/c1-12-15(4-3-6-22-12)17-11-24-20(25(2)19(17)26)23-10-13-8-14(21)9-18-16(13)5-7-27-18/h3-4,6,8-9,11H,5,7,10H2,1-2H3,(H,23,24). The van der Waals surface area contributed by atoms with Crippen molar-refractivity contribution in [1.82, 2.24) is 14.5 Å². The molecule has 0 spiro atoms. The Balaban J connectivity index is 1.62. The Bertz CT molecular complexity index is 1080. The minimum Gasteiger partial charge on any atom is -0.493 e. The predicted molar refractivity (Wildman–Crippen MR) is 100 cm³/mol. The molecule has 4 rings (SSSR count). The topological polar surface area (TPSA) is 69.0 Å². The molecule has 7 heteroatoms. The average Bonchev–Trinajstić information content (AvgIpc) is 3.12. The number of nitrogens with zero attached hydrogens (tertiary/aromatic N) is 3. The van der Waals surface area contributed by atoms with Crippen LogP contribution in [0.3, 0.4) is 0 Å². The number of ether oxygens (including phenoxy) is 1. The highest BCUT2D eigenvalue weighted by molar-refractivity contribution is 5.64. The van der Waals surface area contributed by atoms with Gasteiger partial charge in [0, 0.05) is 55.3 Å². The molecule has 0 amide bonds. The lowest BCUT2D eigenvalue weighted by atomic mass is 10.0. The molecule has 3 aromatic rings. The van der Waals surface area contributed by atoms with Crippen molar-refractivity contribution < 1.29 is 9.13 Å². The van der Waals surface area contributed by atoms with Gasteiger partial charge in [0.2, 0.25) is 5.95 Å². The molecule has 2 aromatic heterocycles. The summed E-state index contributed by atoms with van der Waals surface area (Å²) in [7, 11) is 1.66. The van der Waals surface area contributed by atoms with Gasteiger partial charge in [-0.3, -0.25) is 14.3 Å². The van der Waals surface area contributed by atoms with Crippen molar-refractivity contribution in [2.24, 2.45) is 7.05 Å². The van der Waals surface area contributed by atoms with Gasteiger partial charge < -0.3 is 10.1 Å². The third-order valence-electron chi connectivity index (χ3n) is 4.78. The minimum atomic E-state index is -0.336. The number of nitrogens with one attached hydrogen (secondary N) is 1. The van der Waals surface area contributed by atoms with E-state index in [0.29, 0.717) is 30.4 Å². The molecule has 27 heavy (non-hydrogen) atoms. The first-order valence-electron chi connectivity index (χ1n) is 8.70. The van der Waals surface area contributed by atoms with Crippen LogP contribution in [-0.2, 0) is 20.0 Å². The Morgan fingerprint density at radius 3 is 2.96 bits per heavy atom. The summed E-state index contributed by atoms with van der Waals surface area (Å²) >= 11 is 0. The second kappa shape index (κ2) is 6.83. The van der Waals surface area contributed by atoms with Gasteiger partial charge in [-0.25, -0.2) is 9.37 Å². The number of aryl methyl sites for hydroxylation is 1. The molecule has 1 aromatic carbocycles. The van der Waals surface area contributed by atoms with Crippen LogP contribution < -0.4 is 15.6 Å². The summed E-state index contributed by atoms with van der Waals surface area (Å²) in [6.07, 6.45) is 3.99. The van der Waals surface area contributed by atoms with E-state index in [0.717, 1.165) is 28.8 Å². The monoisotopic (exact) mass is 366 g/mol. The zero-order chi connectivity index (χ0) is 19.0. The lowest BCUT2D eigenvalue weighted by Crippen LogP contribution is -2.23. The lowest BCUT2D eigenvalue weighted by molar-refractivity contribution is 0.355. The van der Waals surface area contributed by atoms with Crippen molar-refractivity contribution in [3.05, 3.63) is 69.7 Å². The van der Waals surface area contributed by atoms with Crippen molar-refractivity contribution in [1.29, 1.82) is 0 Å². The highest BCUT2D eigenvalue weighted by Crippen LogP contribution is 2.30. The number of hydrogen-bond donors (Lipinski definition) is 1. The van der Waals surface area contributed by atoms with Crippen LogP contribution >= 0.6 is 0 Å². The quantitative estimate of drug-likeness (QED) is 0.769. The fourth-order valence-corrected chi connectivity index (χ4v) is 3.34. The Morgan fingerprint density at radius 2 is 2.15 bits per heavy atom.